The highest BCUT2D eigenvalue weighted by Crippen LogP contribution is 2.25. The van der Waals surface area contributed by atoms with Crippen LogP contribution in [0.15, 0.2) is 28.7 Å². The van der Waals surface area contributed by atoms with Crippen LogP contribution in [0.1, 0.15) is 36.9 Å². The maximum Gasteiger partial charge on any atom is 0.372 e. The molecule has 1 aromatic carbocycles. The largest absolute Gasteiger partial charge is 0.475 e. The van der Waals surface area contributed by atoms with Gasteiger partial charge in [0.2, 0.25) is 5.76 Å². The van der Waals surface area contributed by atoms with Gasteiger partial charge in [0.1, 0.15) is 5.58 Å². The highest BCUT2D eigenvalue weighted by molar-refractivity contribution is 5.95. The van der Waals surface area contributed by atoms with E-state index in [4.69, 9.17) is 4.42 Å². The summed E-state index contributed by atoms with van der Waals surface area (Å²) in [4.78, 5) is 11.3. The van der Waals surface area contributed by atoms with Crippen molar-refractivity contribution in [2.45, 2.75) is 27.3 Å². The maximum absolute atomic E-state index is 11.3. The van der Waals surface area contributed by atoms with Crippen LogP contribution >= 0.6 is 0 Å². The van der Waals surface area contributed by atoms with Gasteiger partial charge in [-0.2, -0.15) is 0 Å². The average molecular weight is 275 g/mol. The number of para-hydroxylation sites is 1. The van der Waals surface area contributed by atoms with Gasteiger partial charge in [0.05, 0.1) is 0 Å². The third-order valence-electron chi connectivity index (χ3n) is 3.80. The summed E-state index contributed by atoms with van der Waals surface area (Å²) in [7, 11) is 0. The Morgan fingerprint density at radius 1 is 1.30 bits per heavy atom. The van der Waals surface area contributed by atoms with Gasteiger partial charge < -0.3 is 14.8 Å². The minimum absolute atomic E-state index is 0.0379. The molecule has 0 amide bonds. The van der Waals surface area contributed by atoms with Crippen molar-refractivity contribution in [2.24, 2.45) is 11.8 Å². The molecule has 0 bridgehead atoms. The molecule has 0 fully saturated rings. The molecule has 0 aliphatic carbocycles. The predicted octanol–water partition coefficient (Wildman–Crippen LogP) is 3.51. The molecule has 4 nitrogen and oxygen atoms in total. The summed E-state index contributed by atoms with van der Waals surface area (Å²) in [5.74, 6) is 0.162. The number of carbonyl (C=O) groups is 1. The van der Waals surface area contributed by atoms with Gasteiger partial charge in [0.15, 0.2) is 0 Å². The van der Waals surface area contributed by atoms with Gasteiger partial charge >= 0.3 is 5.97 Å². The number of carboxylic acid groups (broad SMARTS) is 1. The Bertz CT molecular complexity index is 601. The summed E-state index contributed by atoms with van der Waals surface area (Å²) in [5, 5.41) is 13.4. The first-order valence-corrected chi connectivity index (χ1v) is 6.95. The Morgan fingerprint density at radius 2 is 2.00 bits per heavy atom. The standard InChI is InChI=1S/C16H21NO3/c1-10(2)11(3)8-17-9-13-12-6-4-5-7-14(12)20-15(13)16(18)19/h4-7,10-11,17H,8-9H2,1-3H3,(H,18,19). The van der Waals surface area contributed by atoms with Crippen LogP contribution in [0.25, 0.3) is 11.0 Å². The summed E-state index contributed by atoms with van der Waals surface area (Å²) in [5.41, 5.74) is 1.35. The van der Waals surface area contributed by atoms with Crippen LogP contribution in [0.4, 0.5) is 0 Å². The Kier molecular flexibility index (Phi) is 4.45. The Labute approximate surface area is 118 Å². The van der Waals surface area contributed by atoms with Crippen molar-refractivity contribution in [1.29, 1.82) is 0 Å². The second-order valence-electron chi connectivity index (χ2n) is 5.56. The molecular weight excluding hydrogens is 254 g/mol. The minimum Gasteiger partial charge on any atom is -0.475 e. The highest BCUT2D eigenvalue weighted by atomic mass is 16.4. The van der Waals surface area contributed by atoms with Crippen LogP contribution in [-0.2, 0) is 6.54 Å². The van der Waals surface area contributed by atoms with Crippen molar-refractivity contribution >= 4 is 16.9 Å². The smallest absolute Gasteiger partial charge is 0.372 e. The number of nitrogens with one attached hydrogen (secondary N) is 1. The summed E-state index contributed by atoms with van der Waals surface area (Å²) in [6.45, 7) is 7.92. The van der Waals surface area contributed by atoms with Gasteiger partial charge in [-0.05, 0) is 24.4 Å². The third kappa shape index (κ3) is 3.02. The Balaban J connectivity index is 2.19. The van der Waals surface area contributed by atoms with E-state index >= 15 is 0 Å². The van der Waals surface area contributed by atoms with Crippen LogP contribution in [0.2, 0.25) is 0 Å². The SMILES string of the molecule is CC(C)C(C)CNCc1c(C(=O)O)oc2ccccc12. The Morgan fingerprint density at radius 3 is 2.65 bits per heavy atom. The van der Waals surface area contributed by atoms with Crippen molar-refractivity contribution in [3.63, 3.8) is 0 Å². The number of carboxylic acids is 1. The van der Waals surface area contributed by atoms with Crippen molar-refractivity contribution < 1.29 is 14.3 Å². The van der Waals surface area contributed by atoms with E-state index in [9.17, 15) is 9.90 Å². The quantitative estimate of drug-likeness (QED) is 0.846. The normalized spacial score (nSPS) is 13.0. The van der Waals surface area contributed by atoms with E-state index in [-0.39, 0.29) is 5.76 Å². The molecule has 0 aliphatic heterocycles. The Hall–Kier alpha value is -1.81. The molecule has 0 saturated carbocycles. The van der Waals surface area contributed by atoms with Gasteiger partial charge in [-0.15, -0.1) is 0 Å². The lowest BCUT2D eigenvalue weighted by molar-refractivity contribution is 0.0663. The van der Waals surface area contributed by atoms with Gasteiger partial charge in [-0.25, -0.2) is 4.79 Å². The number of fused-ring (bicyclic) bond motifs is 1. The molecule has 2 aromatic rings. The lowest BCUT2D eigenvalue weighted by Crippen LogP contribution is -2.24. The number of rotatable bonds is 6. The van der Waals surface area contributed by atoms with Crippen LogP contribution in [0.3, 0.4) is 0 Å². The van der Waals surface area contributed by atoms with Gasteiger partial charge in [0.25, 0.3) is 0 Å². The molecule has 1 heterocycles. The molecule has 1 unspecified atom stereocenters. The molecule has 4 heteroatoms. The molecule has 1 aromatic heterocycles. The van der Waals surface area contributed by atoms with Crippen LogP contribution in [0.5, 0.6) is 0 Å². The first-order valence-electron chi connectivity index (χ1n) is 6.95. The summed E-state index contributed by atoms with van der Waals surface area (Å²) in [6, 6.07) is 7.43. The number of hydrogen-bond donors (Lipinski definition) is 2. The topological polar surface area (TPSA) is 62.5 Å². The number of hydrogen-bond acceptors (Lipinski definition) is 3. The molecular formula is C16H21NO3. The summed E-state index contributed by atoms with van der Waals surface area (Å²) < 4.78 is 5.43. The molecule has 108 valence electrons. The molecule has 2 rings (SSSR count). The fourth-order valence-electron chi connectivity index (χ4n) is 2.11. The second kappa shape index (κ2) is 6.09. The van der Waals surface area contributed by atoms with E-state index in [0.29, 0.717) is 24.0 Å². The van der Waals surface area contributed by atoms with E-state index in [1.54, 1.807) is 6.07 Å². The summed E-state index contributed by atoms with van der Waals surface area (Å²) in [6.07, 6.45) is 0. The molecule has 0 spiro atoms. The highest BCUT2D eigenvalue weighted by Gasteiger charge is 2.19. The molecule has 0 saturated heterocycles. The van der Waals surface area contributed by atoms with E-state index in [0.717, 1.165) is 17.5 Å². The molecule has 0 aliphatic rings. The van der Waals surface area contributed by atoms with E-state index in [1.807, 2.05) is 18.2 Å². The zero-order valence-corrected chi connectivity index (χ0v) is 12.1. The lowest BCUT2D eigenvalue weighted by Gasteiger charge is -2.15. The fourth-order valence-corrected chi connectivity index (χ4v) is 2.11. The van der Waals surface area contributed by atoms with Gasteiger partial charge in [0, 0.05) is 17.5 Å². The molecule has 20 heavy (non-hydrogen) atoms. The number of furan rings is 1. The zero-order valence-electron chi connectivity index (χ0n) is 12.1. The van der Waals surface area contributed by atoms with Crippen molar-refractivity contribution in [1.82, 2.24) is 5.32 Å². The number of aromatic carboxylic acids is 1. The van der Waals surface area contributed by atoms with Gasteiger partial charge in [-0.3, -0.25) is 0 Å². The minimum atomic E-state index is -1.02. The predicted molar refractivity (Wildman–Crippen MR) is 78.9 cm³/mol. The first kappa shape index (κ1) is 14.6. The van der Waals surface area contributed by atoms with E-state index in [1.165, 1.54) is 0 Å². The average Bonchev–Trinajstić information content (AvgIpc) is 2.78. The van der Waals surface area contributed by atoms with E-state index < -0.39 is 5.97 Å². The van der Waals surface area contributed by atoms with Crippen molar-refractivity contribution in [2.75, 3.05) is 6.54 Å². The molecule has 0 radical (unpaired) electrons. The zero-order chi connectivity index (χ0) is 14.7. The third-order valence-corrected chi connectivity index (χ3v) is 3.80. The van der Waals surface area contributed by atoms with Crippen LogP contribution in [0, 0.1) is 11.8 Å². The van der Waals surface area contributed by atoms with Crippen molar-refractivity contribution in [3.8, 4) is 0 Å². The molecule has 1 atom stereocenters. The summed E-state index contributed by atoms with van der Waals surface area (Å²) >= 11 is 0. The molecule has 2 N–H and O–H groups in total. The van der Waals surface area contributed by atoms with Gasteiger partial charge in [-0.1, -0.05) is 39.0 Å². The first-order chi connectivity index (χ1) is 9.50. The van der Waals surface area contributed by atoms with E-state index in [2.05, 4.69) is 26.1 Å². The second-order valence-corrected chi connectivity index (χ2v) is 5.56. The monoisotopic (exact) mass is 275 g/mol. The lowest BCUT2D eigenvalue weighted by atomic mass is 9.98. The van der Waals surface area contributed by atoms with Crippen molar-refractivity contribution in [3.05, 3.63) is 35.6 Å². The number of benzene rings is 1. The maximum atomic E-state index is 11.3. The van der Waals surface area contributed by atoms with Crippen LogP contribution in [-0.4, -0.2) is 17.6 Å². The fraction of sp³-hybridized carbons (Fsp3) is 0.438. The van der Waals surface area contributed by atoms with Crippen LogP contribution < -0.4 is 5.32 Å².